The molecule has 0 aromatic heterocycles. The third-order valence-corrected chi connectivity index (χ3v) is 2.84. The maximum atomic E-state index is 10.8. The van der Waals surface area contributed by atoms with Crippen molar-refractivity contribution in [2.75, 3.05) is 6.61 Å². The topological polar surface area (TPSA) is 46.5 Å². The first-order chi connectivity index (χ1) is 4.65. The first kappa shape index (κ1) is 6.16. The predicted octanol–water partition coefficient (Wildman–Crippen LogP) is 0.0744. The van der Waals surface area contributed by atoms with Crippen LogP contribution >= 0.6 is 0 Å². The van der Waals surface area contributed by atoms with E-state index in [1.165, 1.54) is 0 Å². The number of carbonyl (C=O) groups excluding carboxylic acids is 1. The standard InChI is InChI=1S/C7H10O3/c1-2-6-3-7(6,9)5(8)10-4-6/h9H,2-4H2,1H3. The monoisotopic (exact) mass is 142 g/mol. The Morgan fingerprint density at radius 3 is 2.70 bits per heavy atom. The Bertz CT molecular complexity index is 197. The third kappa shape index (κ3) is 0.408. The second kappa shape index (κ2) is 1.37. The van der Waals surface area contributed by atoms with Gasteiger partial charge >= 0.3 is 5.97 Å². The fourth-order valence-electron chi connectivity index (χ4n) is 1.75. The van der Waals surface area contributed by atoms with E-state index in [4.69, 9.17) is 4.74 Å². The van der Waals surface area contributed by atoms with Crippen LogP contribution in [-0.2, 0) is 9.53 Å². The number of ether oxygens (including phenoxy) is 1. The summed E-state index contributed by atoms with van der Waals surface area (Å²) in [6.07, 6.45) is 1.44. The molecule has 1 heterocycles. The van der Waals surface area contributed by atoms with E-state index >= 15 is 0 Å². The van der Waals surface area contributed by atoms with Crippen LogP contribution in [0.15, 0.2) is 0 Å². The Morgan fingerprint density at radius 1 is 1.80 bits per heavy atom. The zero-order valence-corrected chi connectivity index (χ0v) is 5.89. The van der Waals surface area contributed by atoms with Crippen molar-refractivity contribution < 1.29 is 14.6 Å². The summed E-state index contributed by atoms with van der Waals surface area (Å²) in [5, 5.41) is 9.51. The first-order valence-corrected chi connectivity index (χ1v) is 3.54. The smallest absolute Gasteiger partial charge is 0.338 e. The SMILES string of the molecule is CCC12COC(=O)C1(O)C2. The van der Waals surface area contributed by atoms with Crippen LogP contribution in [0.3, 0.4) is 0 Å². The van der Waals surface area contributed by atoms with Gasteiger partial charge in [0.1, 0.15) is 6.61 Å². The van der Waals surface area contributed by atoms with Crippen LogP contribution in [0.5, 0.6) is 0 Å². The highest BCUT2D eigenvalue weighted by Gasteiger charge is 2.76. The van der Waals surface area contributed by atoms with Crippen molar-refractivity contribution in [3.63, 3.8) is 0 Å². The molecule has 0 radical (unpaired) electrons. The van der Waals surface area contributed by atoms with Gasteiger partial charge in [0.2, 0.25) is 0 Å². The average molecular weight is 142 g/mol. The van der Waals surface area contributed by atoms with Gasteiger partial charge in [0.25, 0.3) is 0 Å². The molecule has 56 valence electrons. The maximum absolute atomic E-state index is 10.8. The van der Waals surface area contributed by atoms with Crippen molar-refractivity contribution in [3.8, 4) is 0 Å². The minimum absolute atomic E-state index is 0.204. The van der Waals surface area contributed by atoms with Gasteiger partial charge in [-0.1, -0.05) is 6.92 Å². The van der Waals surface area contributed by atoms with Crippen molar-refractivity contribution in [2.24, 2.45) is 5.41 Å². The Balaban J connectivity index is 2.29. The first-order valence-electron chi connectivity index (χ1n) is 3.54. The Kier molecular flexibility index (Phi) is 0.844. The van der Waals surface area contributed by atoms with E-state index in [-0.39, 0.29) is 5.41 Å². The van der Waals surface area contributed by atoms with E-state index in [2.05, 4.69) is 0 Å². The summed E-state index contributed by atoms with van der Waals surface area (Å²) in [6.45, 7) is 2.39. The lowest BCUT2D eigenvalue weighted by atomic mass is 10.0. The summed E-state index contributed by atoms with van der Waals surface area (Å²) in [6, 6.07) is 0. The van der Waals surface area contributed by atoms with Crippen molar-refractivity contribution in [3.05, 3.63) is 0 Å². The number of rotatable bonds is 1. The molecule has 3 nitrogen and oxygen atoms in total. The number of hydrogen-bond acceptors (Lipinski definition) is 3. The van der Waals surface area contributed by atoms with Crippen molar-refractivity contribution >= 4 is 5.97 Å². The zero-order chi connectivity index (χ0) is 7.41. The lowest BCUT2D eigenvalue weighted by Crippen LogP contribution is -2.22. The highest BCUT2D eigenvalue weighted by Crippen LogP contribution is 2.62. The van der Waals surface area contributed by atoms with E-state index in [1.54, 1.807) is 0 Å². The number of fused-ring (bicyclic) bond motifs is 1. The molecule has 2 unspecified atom stereocenters. The molecule has 0 aromatic rings. The lowest BCUT2D eigenvalue weighted by molar-refractivity contribution is -0.149. The van der Waals surface area contributed by atoms with Gasteiger partial charge in [-0.2, -0.15) is 0 Å². The molecular weight excluding hydrogens is 132 g/mol. The lowest BCUT2D eigenvalue weighted by Gasteiger charge is -2.03. The van der Waals surface area contributed by atoms with E-state index in [9.17, 15) is 9.90 Å². The quantitative estimate of drug-likeness (QED) is 0.527. The third-order valence-electron chi connectivity index (χ3n) is 2.84. The second-order valence-corrected chi connectivity index (χ2v) is 3.25. The maximum Gasteiger partial charge on any atom is 0.338 e. The van der Waals surface area contributed by atoms with Gasteiger partial charge in [-0.25, -0.2) is 4.79 Å². The summed E-state index contributed by atoms with van der Waals surface area (Å²) >= 11 is 0. The van der Waals surface area contributed by atoms with Crippen molar-refractivity contribution in [1.82, 2.24) is 0 Å². The van der Waals surface area contributed by atoms with Crippen molar-refractivity contribution in [2.45, 2.75) is 25.4 Å². The molecule has 2 atom stereocenters. The molecule has 2 rings (SSSR count). The van der Waals surface area contributed by atoms with Crippen LogP contribution in [0, 0.1) is 5.41 Å². The van der Waals surface area contributed by atoms with E-state index in [1.807, 2.05) is 6.92 Å². The fraction of sp³-hybridized carbons (Fsp3) is 0.857. The predicted molar refractivity (Wildman–Crippen MR) is 33.2 cm³/mol. The van der Waals surface area contributed by atoms with Gasteiger partial charge in [0.05, 0.1) is 0 Å². The van der Waals surface area contributed by atoms with Gasteiger partial charge in [-0.3, -0.25) is 0 Å². The molecule has 2 fully saturated rings. The summed E-state index contributed by atoms with van der Waals surface area (Å²) in [4.78, 5) is 10.8. The Hall–Kier alpha value is -0.570. The molecule has 1 saturated carbocycles. The number of hydrogen-bond donors (Lipinski definition) is 1. The second-order valence-electron chi connectivity index (χ2n) is 3.25. The van der Waals surface area contributed by atoms with Crippen LogP contribution in [0.2, 0.25) is 0 Å². The molecule has 1 aliphatic carbocycles. The molecule has 1 aliphatic heterocycles. The normalized spacial score (nSPS) is 50.4. The molecule has 1 saturated heterocycles. The molecule has 10 heavy (non-hydrogen) atoms. The molecule has 0 amide bonds. The minimum atomic E-state index is -1.10. The molecule has 0 bridgehead atoms. The highest BCUT2D eigenvalue weighted by atomic mass is 16.6. The molecule has 2 aliphatic rings. The van der Waals surface area contributed by atoms with Gasteiger partial charge in [-0.15, -0.1) is 0 Å². The number of aliphatic hydroxyl groups is 1. The van der Waals surface area contributed by atoms with Crippen LogP contribution in [0.4, 0.5) is 0 Å². The van der Waals surface area contributed by atoms with Crippen LogP contribution in [-0.4, -0.2) is 23.3 Å². The zero-order valence-electron chi connectivity index (χ0n) is 5.89. The fourth-order valence-corrected chi connectivity index (χ4v) is 1.75. The Labute approximate surface area is 59.0 Å². The number of carbonyl (C=O) groups is 1. The number of cyclic esters (lactones) is 1. The van der Waals surface area contributed by atoms with E-state index in [0.29, 0.717) is 13.0 Å². The molecule has 3 heteroatoms. The van der Waals surface area contributed by atoms with Crippen LogP contribution in [0.25, 0.3) is 0 Å². The van der Waals surface area contributed by atoms with Crippen molar-refractivity contribution in [1.29, 1.82) is 0 Å². The largest absolute Gasteiger partial charge is 0.463 e. The highest BCUT2D eigenvalue weighted by molar-refractivity contribution is 5.87. The van der Waals surface area contributed by atoms with Gasteiger partial charge < -0.3 is 9.84 Å². The summed E-state index contributed by atoms with van der Waals surface area (Å²) in [7, 11) is 0. The molecule has 0 aromatic carbocycles. The van der Waals surface area contributed by atoms with Gasteiger partial charge in [0, 0.05) is 5.41 Å². The number of esters is 1. The summed E-state index contributed by atoms with van der Waals surface area (Å²) in [5.41, 5.74) is -1.30. The van der Waals surface area contributed by atoms with Gasteiger partial charge in [-0.05, 0) is 12.8 Å². The van der Waals surface area contributed by atoms with Crippen LogP contribution < -0.4 is 0 Å². The molecule has 1 N–H and O–H groups in total. The summed E-state index contributed by atoms with van der Waals surface area (Å²) in [5.74, 6) is -0.422. The van der Waals surface area contributed by atoms with Gasteiger partial charge in [0.15, 0.2) is 5.60 Å². The summed E-state index contributed by atoms with van der Waals surface area (Å²) < 4.78 is 4.72. The average Bonchev–Trinajstić information content (AvgIpc) is 2.47. The van der Waals surface area contributed by atoms with E-state index in [0.717, 1.165) is 6.42 Å². The molecular formula is C7H10O3. The minimum Gasteiger partial charge on any atom is -0.463 e. The Morgan fingerprint density at radius 2 is 2.50 bits per heavy atom. The van der Waals surface area contributed by atoms with Crippen LogP contribution in [0.1, 0.15) is 19.8 Å². The molecule has 0 spiro atoms. The van der Waals surface area contributed by atoms with E-state index < -0.39 is 11.6 Å².